The topological polar surface area (TPSA) is 52.0 Å². The van der Waals surface area contributed by atoms with Gasteiger partial charge in [0, 0.05) is 35.2 Å². The van der Waals surface area contributed by atoms with Crippen molar-refractivity contribution in [1.29, 1.82) is 0 Å². The standard InChI is InChI=1S/C12H13BrN2O2S/c1-18(16,17)8-7-15-6-5-14-12(15)10-3-2-4-11(13)9-10/h2-6,9H,7-8H2,1H3. The van der Waals surface area contributed by atoms with E-state index >= 15 is 0 Å². The maximum absolute atomic E-state index is 11.2. The van der Waals surface area contributed by atoms with Crippen LogP contribution in [0.1, 0.15) is 0 Å². The second-order valence-corrected chi connectivity index (χ2v) is 7.26. The summed E-state index contributed by atoms with van der Waals surface area (Å²) < 4.78 is 25.2. The molecule has 0 radical (unpaired) electrons. The molecule has 0 N–H and O–H groups in total. The summed E-state index contributed by atoms with van der Waals surface area (Å²) in [6, 6.07) is 7.77. The molecule has 0 saturated heterocycles. The fraction of sp³-hybridized carbons (Fsp3) is 0.250. The lowest BCUT2D eigenvalue weighted by atomic mass is 10.2. The normalized spacial score (nSPS) is 11.7. The van der Waals surface area contributed by atoms with E-state index in [0.29, 0.717) is 6.54 Å². The van der Waals surface area contributed by atoms with Crippen LogP contribution in [0.5, 0.6) is 0 Å². The Morgan fingerprint density at radius 1 is 1.39 bits per heavy atom. The van der Waals surface area contributed by atoms with Crippen molar-refractivity contribution in [3.8, 4) is 11.4 Å². The predicted octanol–water partition coefficient (Wildman–Crippen LogP) is 2.36. The molecule has 1 heterocycles. The molecule has 0 amide bonds. The van der Waals surface area contributed by atoms with Gasteiger partial charge in [-0.15, -0.1) is 0 Å². The first-order chi connectivity index (χ1) is 8.46. The maximum atomic E-state index is 11.2. The molecule has 1 aromatic carbocycles. The Hall–Kier alpha value is -1.14. The summed E-state index contributed by atoms with van der Waals surface area (Å²) in [7, 11) is -2.97. The Balaban J connectivity index is 2.28. The molecule has 0 unspecified atom stereocenters. The van der Waals surface area contributed by atoms with Gasteiger partial charge in [-0.3, -0.25) is 0 Å². The zero-order chi connectivity index (χ0) is 13.2. The maximum Gasteiger partial charge on any atom is 0.149 e. The average molecular weight is 329 g/mol. The van der Waals surface area contributed by atoms with Gasteiger partial charge < -0.3 is 4.57 Å². The van der Waals surface area contributed by atoms with Crippen molar-refractivity contribution in [2.45, 2.75) is 6.54 Å². The van der Waals surface area contributed by atoms with E-state index in [-0.39, 0.29) is 5.75 Å². The molecule has 0 aliphatic rings. The van der Waals surface area contributed by atoms with Crippen molar-refractivity contribution in [3.63, 3.8) is 0 Å². The molecular formula is C12H13BrN2O2S. The van der Waals surface area contributed by atoms with Crippen LogP contribution >= 0.6 is 15.9 Å². The van der Waals surface area contributed by atoms with Gasteiger partial charge in [0.1, 0.15) is 15.7 Å². The van der Waals surface area contributed by atoms with Crippen molar-refractivity contribution in [3.05, 3.63) is 41.1 Å². The summed E-state index contributed by atoms with van der Waals surface area (Å²) in [5, 5.41) is 0. The number of aryl methyl sites for hydroxylation is 1. The molecule has 2 rings (SSSR count). The van der Waals surface area contributed by atoms with Crippen LogP contribution in [0.15, 0.2) is 41.1 Å². The van der Waals surface area contributed by atoms with Crippen LogP contribution in [-0.2, 0) is 16.4 Å². The number of halogens is 1. The van der Waals surface area contributed by atoms with Gasteiger partial charge in [-0.25, -0.2) is 13.4 Å². The van der Waals surface area contributed by atoms with E-state index in [0.717, 1.165) is 15.9 Å². The van der Waals surface area contributed by atoms with E-state index in [1.54, 1.807) is 12.4 Å². The SMILES string of the molecule is CS(=O)(=O)CCn1ccnc1-c1cccc(Br)c1. The fourth-order valence-electron chi connectivity index (χ4n) is 1.64. The van der Waals surface area contributed by atoms with Gasteiger partial charge in [0.25, 0.3) is 0 Å². The second kappa shape index (κ2) is 5.24. The van der Waals surface area contributed by atoms with Gasteiger partial charge in [-0.1, -0.05) is 28.1 Å². The van der Waals surface area contributed by atoms with Crippen LogP contribution in [0, 0.1) is 0 Å². The Labute approximate surface area is 115 Å². The van der Waals surface area contributed by atoms with E-state index in [1.165, 1.54) is 6.26 Å². The van der Waals surface area contributed by atoms with E-state index < -0.39 is 9.84 Å². The first-order valence-corrected chi connectivity index (χ1v) is 8.26. The van der Waals surface area contributed by atoms with E-state index in [1.807, 2.05) is 28.8 Å². The monoisotopic (exact) mass is 328 g/mol. The number of rotatable bonds is 4. The molecule has 0 fully saturated rings. The lowest BCUT2D eigenvalue weighted by Crippen LogP contribution is -2.11. The van der Waals surface area contributed by atoms with Gasteiger partial charge >= 0.3 is 0 Å². The van der Waals surface area contributed by atoms with Crippen LogP contribution in [0.2, 0.25) is 0 Å². The van der Waals surface area contributed by atoms with Crippen molar-refractivity contribution in [1.82, 2.24) is 9.55 Å². The van der Waals surface area contributed by atoms with Crippen LogP contribution < -0.4 is 0 Å². The summed E-state index contributed by atoms with van der Waals surface area (Å²) in [6.45, 7) is 0.417. The molecule has 0 aliphatic heterocycles. The fourth-order valence-corrected chi connectivity index (χ4v) is 2.57. The molecule has 0 saturated carbocycles. The molecule has 1 aromatic heterocycles. The highest BCUT2D eigenvalue weighted by molar-refractivity contribution is 9.10. The lowest BCUT2D eigenvalue weighted by Gasteiger charge is -2.07. The van der Waals surface area contributed by atoms with Crippen LogP contribution in [0.4, 0.5) is 0 Å². The molecule has 18 heavy (non-hydrogen) atoms. The van der Waals surface area contributed by atoms with E-state index in [4.69, 9.17) is 0 Å². The summed E-state index contributed by atoms with van der Waals surface area (Å²) in [5.41, 5.74) is 0.961. The van der Waals surface area contributed by atoms with Crippen molar-refractivity contribution < 1.29 is 8.42 Å². The lowest BCUT2D eigenvalue weighted by molar-refractivity contribution is 0.595. The van der Waals surface area contributed by atoms with Gasteiger partial charge in [-0.05, 0) is 12.1 Å². The number of hydrogen-bond donors (Lipinski definition) is 0. The number of hydrogen-bond acceptors (Lipinski definition) is 3. The summed E-state index contributed by atoms with van der Waals surface area (Å²) in [6.07, 6.45) is 4.71. The first-order valence-electron chi connectivity index (χ1n) is 5.40. The third-order valence-corrected chi connectivity index (χ3v) is 3.92. The third kappa shape index (κ3) is 3.43. The number of aromatic nitrogens is 2. The molecule has 96 valence electrons. The number of imidazole rings is 1. The predicted molar refractivity (Wildman–Crippen MR) is 75.1 cm³/mol. The van der Waals surface area contributed by atoms with Crippen molar-refractivity contribution in [2.75, 3.05) is 12.0 Å². The Morgan fingerprint density at radius 3 is 2.83 bits per heavy atom. The number of nitrogens with zero attached hydrogens (tertiary/aromatic N) is 2. The zero-order valence-electron chi connectivity index (χ0n) is 9.88. The molecule has 6 heteroatoms. The van der Waals surface area contributed by atoms with Gasteiger partial charge in [-0.2, -0.15) is 0 Å². The molecule has 0 aliphatic carbocycles. The smallest absolute Gasteiger partial charge is 0.149 e. The zero-order valence-corrected chi connectivity index (χ0v) is 12.3. The minimum Gasteiger partial charge on any atom is -0.330 e. The molecule has 0 atom stereocenters. The second-order valence-electron chi connectivity index (χ2n) is 4.08. The van der Waals surface area contributed by atoms with Gasteiger partial charge in [0.2, 0.25) is 0 Å². The minimum absolute atomic E-state index is 0.115. The van der Waals surface area contributed by atoms with Gasteiger partial charge in [0.15, 0.2) is 0 Å². The van der Waals surface area contributed by atoms with Crippen molar-refractivity contribution >= 4 is 25.8 Å². The van der Waals surface area contributed by atoms with Crippen LogP contribution in [0.3, 0.4) is 0 Å². The van der Waals surface area contributed by atoms with E-state index in [2.05, 4.69) is 20.9 Å². The van der Waals surface area contributed by atoms with Crippen LogP contribution in [-0.4, -0.2) is 30.0 Å². The van der Waals surface area contributed by atoms with Crippen LogP contribution in [0.25, 0.3) is 11.4 Å². The Morgan fingerprint density at radius 2 is 2.17 bits per heavy atom. The molecule has 2 aromatic rings. The number of sulfone groups is 1. The minimum atomic E-state index is -2.97. The molecule has 4 nitrogen and oxygen atoms in total. The summed E-state index contributed by atoms with van der Waals surface area (Å²) >= 11 is 3.41. The highest BCUT2D eigenvalue weighted by atomic mass is 79.9. The van der Waals surface area contributed by atoms with Gasteiger partial charge in [0.05, 0.1) is 5.75 Å². The average Bonchev–Trinajstić information content (AvgIpc) is 2.73. The largest absolute Gasteiger partial charge is 0.330 e. The Bertz CT molecular complexity index is 650. The molecular weight excluding hydrogens is 316 g/mol. The molecule has 0 bridgehead atoms. The highest BCUT2D eigenvalue weighted by Gasteiger charge is 2.08. The van der Waals surface area contributed by atoms with E-state index in [9.17, 15) is 8.42 Å². The Kier molecular flexibility index (Phi) is 3.87. The number of benzene rings is 1. The van der Waals surface area contributed by atoms with Crippen molar-refractivity contribution in [2.24, 2.45) is 0 Å². The molecule has 0 spiro atoms. The summed E-state index contributed by atoms with van der Waals surface area (Å²) in [4.78, 5) is 4.28. The third-order valence-electron chi connectivity index (χ3n) is 2.50. The summed E-state index contributed by atoms with van der Waals surface area (Å²) in [5.74, 6) is 0.893. The first kappa shape index (κ1) is 13.3. The highest BCUT2D eigenvalue weighted by Crippen LogP contribution is 2.21. The quantitative estimate of drug-likeness (QED) is 0.865.